The van der Waals surface area contributed by atoms with Crippen molar-refractivity contribution in [3.05, 3.63) is 41.9 Å². The normalized spacial score (nSPS) is 18.8. The fraction of sp³-hybridized carbons (Fsp3) is 0.471. The van der Waals surface area contributed by atoms with E-state index in [1.54, 1.807) is 11.9 Å². The number of aromatic nitrogens is 4. The molecule has 3 heterocycles. The van der Waals surface area contributed by atoms with Crippen molar-refractivity contribution in [3.8, 4) is 0 Å². The minimum absolute atomic E-state index is 0.172. The molecule has 0 radical (unpaired) electrons. The van der Waals surface area contributed by atoms with Gasteiger partial charge in [0, 0.05) is 25.6 Å². The second-order valence-corrected chi connectivity index (χ2v) is 6.08. The van der Waals surface area contributed by atoms with E-state index in [-0.39, 0.29) is 6.10 Å². The van der Waals surface area contributed by atoms with Crippen LogP contribution in [-0.2, 0) is 22.6 Å². The Balaban J connectivity index is 1.41. The van der Waals surface area contributed by atoms with E-state index >= 15 is 0 Å². The number of furan rings is 1. The highest BCUT2D eigenvalue weighted by Crippen LogP contribution is 2.23. The van der Waals surface area contributed by atoms with Gasteiger partial charge in [0.25, 0.3) is 0 Å². The molecule has 8 heteroatoms. The van der Waals surface area contributed by atoms with Gasteiger partial charge in [-0.1, -0.05) is 18.2 Å². The van der Waals surface area contributed by atoms with Crippen LogP contribution in [0.1, 0.15) is 17.7 Å². The number of benzene rings is 1. The van der Waals surface area contributed by atoms with Gasteiger partial charge in [0.15, 0.2) is 0 Å². The second-order valence-electron chi connectivity index (χ2n) is 6.08. The topological polar surface area (TPSA) is 78.4 Å². The molecule has 1 saturated heterocycles. The van der Waals surface area contributed by atoms with Crippen LogP contribution in [0.4, 0.5) is 0 Å². The number of methoxy groups -OCH3 is 1. The van der Waals surface area contributed by atoms with Crippen molar-refractivity contribution in [2.24, 2.45) is 0 Å². The Bertz CT molecular complexity index is 797. The van der Waals surface area contributed by atoms with Gasteiger partial charge in [0.05, 0.1) is 26.3 Å². The van der Waals surface area contributed by atoms with E-state index in [1.807, 2.05) is 18.2 Å². The number of hydrogen-bond donors (Lipinski definition) is 0. The molecular formula is C17H21N5O3. The molecule has 0 N–H and O–H groups in total. The maximum absolute atomic E-state index is 5.92. The smallest absolute Gasteiger partial charge is 0.204 e. The van der Waals surface area contributed by atoms with Crippen molar-refractivity contribution >= 4 is 11.0 Å². The highest BCUT2D eigenvalue weighted by Gasteiger charge is 2.26. The summed E-state index contributed by atoms with van der Waals surface area (Å²) in [6, 6.07) is 10.2. The molecule has 132 valence electrons. The van der Waals surface area contributed by atoms with Crippen molar-refractivity contribution in [2.75, 3.05) is 33.4 Å². The summed E-state index contributed by atoms with van der Waals surface area (Å²) in [4.78, 5) is 3.84. The van der Waals surface area contributed by atoms with Crippen LogP contribution in [0.3, 0.4) is 0 Å². The zero-order chi connectivity index (χ0) is 17.1. The summed E-state index contributed by atoms with van der Waals surface area (Å²) >= 11 is 0. The number of fused-ring (bicyclic) bond motifs is 1. The van der Waals surface area contributed by atoms with Gasteiger partial charge in [-0.2, -0.15) is 4.80 Å². The van der Waals surface area contributed by atoms with Crippen LogP contribution < -0.4 is 0 Å². The molecule has 25 heavy (non-hydrogen) atoms. The molecule has 1 fully saturated rings. The largest absolute Gasteiger partial charge is 0.460 e. The van der Waals surface area contributed by atoms with Gasteiger partial charge in [0.1, 0.15) is 17.4 Å². The molecule has 0 bridgehead atoms. The standard InChI is InChI=1S/C17H21N5O3/c1-23-8-7-22-19-17(18-20-22)16-12-21(6-9-24-16)11-14-10-13-4-2-3-5-15(13)25-14/h2-5,10,16H,6-9,11-12H2,1H3. The SMILES string of the molecule is COCCn1nnc(C2CN(Cc3cc4ccccc4o3)CCO2)n1. The number of morpholine rings is 1. The number of nitrogens with zero attached hydrogens (tertiary/aromatic N) is 5. The average Bonchev–Trinajstić information content (AvgIpc) is 3.26. The number of ether oxygens (including phenoxy) is 2. The first-order chi connectivity index (χ1) is 12.3. The van der Waals surface area contributed by atoms with E-state index in [9.17, 15) is 0 Å². The van der Waals surface area contributed by atoms with Crippen LogP contribution in [0.15, 0.2) is 34.7 Å². The molecule has 0 amide bonds. The highest BCUT2D eigenvalue weighted by molar-refractivity contribution is 5.77. The predicted octanol–water partition coefficient (Wildman–Crippen LogP) is 1.64. The summed E-state index contributed by atoms with van der Waals surface area (Å²) in [6.45, 7) is 4.08. The van der Waals surface area contributed by atoms with Crippen molar-refractivity contribution in [1.82, 2.24) is 25.1 Å². The van der Waals surface area contributed by atoms with Crippen LogP contribution in [0.2, 0.25) is 0 Å². The van der Waals surface area contributed by atoms with Crippen LogP contribution in [0.25, 0.3) is 11.0 Å². The van der Waals surface area contributed by atoms with Gasteiger partial charge in [-0.05, 0) is 17.3 Å². The minimum atomic E-state index is -0.172. The van der Waals surface area contributed by atoms with Crippen molar-refractivity contribution in [2.45, 2.75) is 19.2 Å². The van der Waals surface area contributed by atoms with Crippen LogP contribution in [-0.4, -0.2) is 58.5 Å². The van der Waals surface area contributed by atoms with Gasteiger partial charge < -0.3 is 13.9 Å². The Morgan fingerprint density at radius 1 is 1.32 bits per heavy atom. The molecule has 0 saturated carbocycles. The maximum atomic E-state index is 5.92. The lowest BCUT2D eigenvalue weighted by atomic mass is 10.2. The minimum Gasteiger partial charge on any atom is -0.460 e. The molecule has 1 aromatic carbocycles. The molecule has 1 aliphatic heterocycles. The van der Waals surface area contributed by atoms with E-state index < -0.39 is 0 Å². The molecule has 3 aromatic rings. The number of para-hydroxylation sites is 1. The van der Waals surface area contributed by atoms with Crippen molar-refractivity contribution < 1.29 is 13.9 Å². The van der Waals surface area contributed by atoms with Gasteiger partial charge >= 0.3 is 0 Å². The first-order valence-corrected chi connectivity index (χ1v) is 8.40. The molecule has 2 aromatic heterocycles. The maximum Gasteiger partial charge on any atom is 0.204 e. The number of tetrazole rings is 1. The lowest BCUT2D eigenvalue weighted by molar-refractivity contribution is -0.0389. The Hall–Kier alpha value is -2.29. The van der Waals surface area contributed by atoms with Gasteiger partial charge in [-0.3, -0.25) is 4.90 Å². The summed E-state index contributed by atoms with van der Waals surface area (Å²) in [7, 11) is 1.65. The fourth-order valence-electron chi connectivity index (χ4n) is 2.99. The Labute approximate surface area is 145 Å². The summed E-state index contributed by atoms with van der Waals surface area (Å²) in [5.41, 5.74) is 0.921. The molecule has 4 rings (SSSR count). The molecular weight excluding hydrogens is 322 g/mol. The highest BCUT2D eigenvalue weighted by atomic mass is 16.5. The number of hydrogen-bond acceptors (Lipinski definition) is 7. The lowest BCUT2D eigenvalue weighted by Gasteiger charge is -2.30. The molecule has 0 spiro atoms. The van der Waals surface area contributed by atoms with Crippen molar-refractivity contribution in [1.29, 1.82) is 0 Å². The third kappa shape index (κ3) is 3.71. The zero-order valence-corrected chi connectivity index (χ0v) is 14.2. The van der Waals surface area contributed by atoms with Crippen LogP contribution in [0, 0.1) is 0 Å². The van der Waals surface area contributed by atoms with Gasteiger partial charge in [-0.15, -0.1) is 10.2 Å². The quantitative estimate of drug-likeness (QED) is 0.673. The first kappa shape index (κ1) is 16.2. The summed E-state index contributed by atoms with van der Waals surface area (Å²) < 4.78 is 16.8. The monoisotopic (exact) mass is 343 g/mol. The van der Waals surface area contributed by atoms with Crippen LogP contribution >= 0.6 is 0 Å². The van der Waals surface area contributed by atoms with Crippen molar-refractivity contribution in [3.63, 3.8) is 0 Å². The summed E-state index contributed by atoms with van der Waals surface area (Å²) in [5, 5.41) is 13.7. The molecule has 1 atom stereocenters. The first-order valence-electron chi connectivity index (χ1n) is 8.40. The average molecular weight is 343 g/mol. The Kier molecular flexibility index (Phi) is 4.73. The Morgan fingerprint density at radius 3 is 3.12 bits per heavy atom. The molecule has 1 aliphatic rings. The van der Waals surface area contributed by atoms with Gasteiger partial charge in [-0.25, -0.2) is 0 Å². The van der Waals surface area contributed by atoms with E-state index in [2.05, 4.69) is 32.4 Å². The van der Waals surface area contributed by atoms with Gasteiger partial charge in [0.2, 0.25) is 5.82 Å². The Morgan fingerprint density at radius 2 is 2.24 bits per heavy atom. The fourth-order valence-corrected chi connectivity index (χ4v) is 2.99. The zero-order valence-electron chi connectivity index (χ0n) is 14.2. The summed E-state index contributed by atoms with van der Waals surface area (Å²) in [6.07, 6.45) is -0.172. The molecule has 0 aliphatic carbocycles. The van der Waals surface area contributed by atoms with E-state index in [0.29, 0.717) is 32.1 Å². The summed E-state index contributed by atoms with van der Waals surface area (Å²) in [5.74, 6) is 1.57. The second kappa shape index (κ2) is 7.30. The van der Waals surface area contributed by atoms with E-state index in [1.165, 1.54) is 0 Å². The van der Waals surface area contributed by atoms with E-state index in [0.717, 1.165) is 29.8 Å². The number of rotatable bonds is 6. The van der Waals surface area contributed by atoms with E-state index in [4.69, 9.17) is 13.9 Å². The third-order valence-corrected chi connectivity index (χ3v) is 4.26. The third-order valence-electron chi connectivity index (χ3n) is 4.26. The van der Waals surface area contributed by atoms with Crippen LogP contribution in [0.5, 0.6) is 0 Å². The molecule has 1 unspecified atom stereocenters. The lowest BCUT2D eigenvalue weighted by Crippen LogP contribution is -2.38. The predicted molar refractivity (Wildman–Crippen MR) is 89.9 cm³/mol. The molecule has 8 nitrogen and oxygen atoms in total.